The van der Waals surface area contributed by atoms with Gasteiger partial charge in [-0.3, -0.25) is 19.1 Å². The fraction of sp³-hybridized carbons (Fsp3) is 0.526. The summed E-state index contributed by atoms with van der Waals surface area (Å²) in [5, 5.41) is 7.55. The van der Waals surface area contributed by atoms with Crippen LogP contribution >= 0.6 is 22.7 Å². The summed E-state index contributed by atoms with van der Waals surface area (Å²) in [6.45, 7) is 7.46. The number of fused-ring (bicyclic) bond motifs is 2. The Morgan fingerprint density at radius 1 is 1.10 bits per heavy atom. The second kappa shape index (κ2) is 6.96. The van der Waals surface area contributed by atoms with E-state index in [9.17, 15) is 9.59 Å². The van der Waals surface area contributed by atoms with Gasteiger partial charge in [0.25, 0.3) is 0 Å². The van der Waals surface area contributed by atoms with Gasteiger partial charge in [0.2, 0.25) is 0 Å². The molecule has 1 spiro atoms. The van der Waals surface area contributed by atoms with Gasteiger partial charge in [-0.15, -0.1) is 22.7 Å². The molecule has 0 unspecified atom stereocenters. The second-order valence-electron chi connectivity index (χ2n) is 7.95. The Bertz CT molecular complexity index is 1190. The maximum Gasteiger partial charge on any atom is 0.332 e. The van der Waals surface area contributed by atoms with Crippen molar-refractivity contribution in [3.63, 3.8) is 0 Å². The molecule has 0 amide bonds. The number of hydrogen-bond acceptors (Lipinski definition) is 8. The molecule has 0 N–H and O–H groups in total. The van der Waals surface area contributed by atoms with Crippen LogP contribution in [0.1, 0.15) is 39.9 Å². The van der Waals surface area contributed by atoms with Crippen molar-refractivity contribution in [2.24, 2.45) is 0 Å². The predicted molar refractivity (Wildman–Crippen MR) is 112 cm³/mol. The zero-order chi connectivity index (χ0) is 20.2. The molecule has 0 aromatic carbocycles. The standard InChI is InChI=1S/C19H22N6O2S2/c1-12-15(29-11-20-12)8-23-5-3-19(10-23)4-6-24-16(26)17(27)25(22-18(19)24)7-14-9-28-13(2)21-14/h9,11H,3-8,10H2,1-2H3/t19-/m0/s1. The summed E-state index contributed by atoms with van der Waals surface area (Å²) < 4.78 is 2.91. The van der Waals surface area contributed by atoms with Crippen LogP contribution in [0.3, 0.4) is 0 Å². The van der Waals surface area contributed by atoms with Gasteiger partial charge in [-0.2, -0.15) is 5.10 Å². The lowest BCUT2D eigenvalue weighted by atomic mass is 9.85. The van der Waals surface area contributed by atoms with Crippen molar-refractivity contribution < 1.29 is 0 Å². The summed E-state index contributed by atoms with van der Waals surface area (Å²) in [4.78, 5) is 37.8. The summed E-state index contributed by atoms with van der Waals surface area (Å²) in [5.74, 6) is 0.762. The third-order valence-electron chi connectivity index (χ3n) is 6.05. The van der Waals surface area contributed by atoms with Crippen LogP contribution < -0.4 is 11.1 Å². The molecular formula is C19H22N6O2S2. The molecule has 0 bridgehead atoms. The van der Waals surface area contributed by atoms with Crippen LogP contribution in [-0.4, -0.2) is 42.3 Å². The SMILES string of the molecule is Cc1nc(Cn2nc3n(c(=O)c2=O)CC[C@]32CCN(Cc3scnc3C)C2)cs1. The van der Waals surface area contributed by atoms with E-state index in [0.717, 1.165) is 54.7 Å². The first-order valence-electron chi connectivity index (χ1n) is 9.70. The molecule has 1 saturated heterocycles. The highest BCUT2D eigenvalue weighted by Gasteiger charge is 2.47. The number of aryl methyl sites for hydroxylation is 2. The van der Waals surface area contributed by atoms with E-state index in [-0.39, 0.29) is 12.0 Å². The lowest BCUT2D eigenvalue weighted by molar-refractivity contribution is 0.299. The number of aromatic nitrogens is 5. The van der Waals surface area contributed by atoms with E-state index in [1.54, 1.807) is 15.9 Å². The van der Waals surface area contributed by atoms with Gasteiger partial charge in [-0.05, 0) is 33.2 Å². The topological polar surface area (TPSA) is 85.9 Å². The first-order valence-corrected chi connectivity index (χ1v) is 11.5. The van der Waals surface area contributed by atoms with Gasteiger partial charge in [0.1, 0.15) is 5.82 Å². The largest absolute Gasteiger partial charge is 0.332 e. The van der Waals surface area contributed by atoms with E-state index in [4.69, 9.17) is 5.10 Å². The second-order valence-corrected chi connectivity index (χ2v) is 9.95. The van der Waals surface area contributed by atoms with Gasteiger partial charge < -0.3 is 0 Å². The molecule has 3 aromatic rings. The molecular weight excluding hydrogens is 408 g/mol. The van der Waals surface area contributed by atoms with E-state index < -0.39 is 11.1 Å². The van der Waals surface area contributed by atoms with Crippen molar-refractivity contribution in [2.75, 3.05) is 13.1 Å². The molecule has 0 radical (unpaired) electrons. The third-order valence-corrected chi connectivity index (χ3v) is 7.79. The van der Waals surface area contributed by atoms with E-state index in [2.05, 4.69) is 14.9 Å². The third kappa shape index (κ3) is 3.19. The normalized spacial score (nSPS) is 21.3. The van der Waals surface area contributed by atoms with Crippen molar-refractivity contribution in [1.29, 1.82) is 0 Å². The van der Waals surface area contributed by atoms with Crippen molar-refractivity contribution in [3.05, 3.63) is 58.7 Å². The summed E-state index contributed by atoms with van der Waals surface area (Å²) >= 11 is 3.22. The van der Waals surface area contributed by atoms with E-state index in [0.29, 0.717) is 6.54 Å². The van der Waals surface area contributed by atoms with E-state index in [1.165, 1.54) is 20.9 Å². The van der Waals surface area contributed by atoms with E-state index in [1.807, 2.05) is 24.7 Å². The highest BCUT2D eigenvalue weighted by molar-refractivity contribution is 7.09. The Morgan fingerprint density at radius 2 is 1.93 bits per heavy atom. The van der Waals surface area contributed by atoms with Crippen LogP contribution in [0, 0.1) is 13.8 Å². The number of thiazole rings is 2. The molecule has 0 saturated carbocycles. The average Bonchev–Trinajstić information content (AvgIpc) is 3.46. The Labute approximate surface area is 175 Å². The van der Waals surface area contributed by atoms with Gasteiger partial charge in [0.15, 0.2) is 0 Å². The molecule has 1 atom stereocenters. The molecule has 2 aliphatic heterocycles. The number of rotatable bonds is 4. The van der Waals surface area contributed by atoms with Crippen LogP contribution in [0.2, 0.25) is 0 Å². The van der Waals surface area contributed by atoms with Gasteiger partial charge in [0.05, 0.1) is 28.5 Å². The van der Waals surface area contributed by atoms with Crippen LogP contribution in [0.4, 0.5) is 0 Å². The minimum atomic E-state index is -0.563. The first kappa shape index (κ1) is 18.8. The Balaban J connectivity index is 1.46. The molecule has 2 aliphatic rings. The van der Waals surface area contributed by atoms with Gasteiger partial charge in [0, 0.05) is 35.3 Å². The maximum absolute atomic E-state index is 12.8. The molecule has 3 aromatic heterocycles. The molecule has 10 heteroatoms. The lowest BCUT2D eigenvalue weighted by Gasteiger charge is -2.23. The fourth-order valence-electron chi connectivity index (χ4n) is 4.48. The number of nitrogens with zero attached hydrogens (tertiary/aromatic N) is 6. The molecule has 152 valence electrons. The summed E-state index contributed by atoms with van der Waals surface area (Å²) in [7, 11) is 0. The Hall–Kier alpha value is -2.17. The quantitative estimate of drug-likeness (QED) is 0.584. The number of likely N-dealkylation sites (tertiary alicyclic amines) is 1. The van der Waals surface area contributed by atoms with Crippen LogP contribution in [0.5, 0.6) is 0 Å². The highest BCUT2D eigenvalue weighted by Crippen LogP contribution is 2.41. The molecule has 5 rings (SSSR count). The van der Waals surface area contributed by atoms with Crippen molar-refractivity contribution in [2.45, 2.75) is 51.7 Å². The summed E-state index contributed by atoms with van der Waals surface area (Å²) in [6.07, 6.45) is 1.80. The van der Waals surface area contributed by atoms with Gasteiger partial charge >= 0.3 is 11.1 Å². The van der Waals surface area contributed by atoms with Crippen molar-refractivity contribution in [1.82, 2.24) is 29.2 Å². The molecule has 5 heterocycles. The lowest BCUT2D eigenvalue weighted by Crippen LogP contribution is -2.45. The van der Waals surface area contributed by atoms with Crippen molar-refractivity contribution >= 4 is 22.7 Å². The highest BCUT2D eigenvalue weighted by atomic mass is 32.1. The molecule has 0 aliphatic carbocycles. The van der Waals surface area contributed by atoms with Gasteiger partial charge in [-0.25, -0.2) is 14.6 Å². The zero-order valence-electron chi connectivity index (χ0n) is 16.4. The van der Waals surface area contributed by atoms with Crippen molar-refractivity contribution in [3.8, 4) is 0 Å². The van der Waals surface area contributed by atoms with Crippen LogP contribution in [0.25, 0.3) is 0 Å². The minimum Gasteiger partial charge on any atom is -0.297 e. The Morgan fingerprint density at radius 3 is 2.66 bits per heavy atom. The van der Waals surface area contributed by atoms with E-state index >= 15 is 0 Å². The molecule has 1 fully saturated rings. The average molecular weight is 431 g/mol. The monoisotopic (exact) mass is 430 g/mol. The minimum absolute atomic E-state index is 0.162. The predicted octanol–water partition coefficient (Wildman–Crippen LogP) is 1.53. The van der Waals surface area contributed by atoms with Crippen LogP contribution in [0.15, 0.2) is 20.5 Å². The molecule has 8 nitrogen and oxygen atoms in total. The summed E-state index contributed by atoms with van der Waals surface area (Å²) in [5.41, 5.74) is 2.56. The fourth-order valence-corrected chi connectivity index (χ4v) is 5.90. The Kier molecular flexibility index (Phi) is 4.52. The van der Waals surface area contributed by atoms with Crippen LogP contribution in [-0.2, 0) is 25.0 Å². The molecule has 29 heavy (non-hydrogen) atoms. The summed E-state index contributed by atoms with van der Waals surface area (Å²) in [6, 6.07) is 0. The maximum atomic E-state index is 12.8. The smallest absolute Gasteiger partial charge is 0.297 e. The zero-order valence-corrected chi connectivity index (χ0v) is 18.1. The van der Waals surface area contributed by atoms with Gasteiger partial charge in [-0.1, -0.05) is 0 Å². The number of hydrogen-bond donors (Lipinski definition) is 0. The first-order chi connectivity index (χ1) is 13.9.